The number of amides is 1. The second-order valence-corrected chi connectivity index (χ2v) is 5.58. The summed E-state index contributed by atoms with van der Waals surface area (Å²) in [6, 6.07) is 7.18. The van der Waals surface area contributed by atoms with E-state index in [4.69, 9.17) is 5.11 Å². The molecule has 6 nitrogen and oxygen atoms in total. The fourth-order valence-electron chi connectivity index (χ4n) is 2.64. The molecule has 2 heterocycles. The van der Waals surface area contributed by atoms with E-state index in [0.29, 0.717) is 18.5 Å². The van der Waals surface area contributed by atoms with E-state index in [1.807, 2.05) is 25.3 Å². The molecule has 1 aliphatic rings. The maximum Gasteiger partial charge on any atom is 0.308 e. The van der Waals surface area contributed by atoms with Crippen molar-refractivity contribution >= 4 is 11.9 Å². The van der Waals surface area contributed by atoms with Gasteiger partial charge in [0.2, 0.25) is 0 Å². The van der Waals surface area contributed by atoms with Crippen molar-refractivity contribution in [2.75, 3.05) is 13.1 Å². The predicted octanol–water partition coefficient (Wildman–Crippen LogP) is 1.73. The Morgan fingerprint density at radius 1 is 1.27 bits per heavy atom. The van der Waals surface area contributed by atoms with Gasteiger partial charge in [0.05, 0.1) is 17.8 Å². The smallest absolute Gasteiger partial charge is 0.308 e. The molecule has 1 aromatic carbocycles. The third-order valence-electron chi connectivity index (χ3n) is 3.92. The quantitative estimate of drug-likeness (QED) is 0.936. The molecule has 1 N–H and O–H groups in total. The lowest BCUT2D eigenvalue weighted by atomic mass is 10.1. The summed E-state index contributed by atoms with van der Waals surface area (Å²) < 4.78 is 1.75. The summed E-state index contributed by atoms with van der Waals surface area (Å²) in [7, 11) is 0. The molecule has 1 fully saturated rings. The Bertz CT molecular complexity index is 706. The first-order valence-corrected chi connectivity index (χ1v) is 7.18. The van der Waals surface area contributed by atoms with Crippen molar-refractivity contribution in [3.05, 3.63) is 47.8 Å². The van der Waals surface area contributed by atoms with Gasteiger partial charge in [0.15, 0.2) is 0 Å². The number of likely N-dealkylation sites (tertiary alicyclic amines) is 1. The van der Waals surface area contributed by atoms with Gasteiger partial charge in [0.25, 0.3) is 5.91 Å². The van der Waals surface area contributed by atoms with Crippen molar-refractivity contribution in [1.29, 1.82) is 0 Å². The van der Waals surface area contributed by atoms with Crippen LogP contribution in [0, 0.1) is 12.8 Å². The zero-order chi connectivity index (χ0) is 15.7. The number of carboxylic acids is 1. The maximum absolute atomic E-state index is 12.4. The van der Waals surface area contributed by atoms with Gasteiger partial charge >= 0.3 is 5.97 Å². The number of carbonyl (C=O) groups excluding carboxylic acids is 1. The van der Waals surface area contributed by atoms with Gasteiger partial charge in [-0.3, -0.25) is 9.59 Å². The first-order chi connectivity index (χ1) is 10.5. The summed E-state index contributed by atoms with van der Waals surface area (Å²) >= 11 is 0. The van der Waals surface area contributed by atoms with Crippen LogP contribution in [0.3, 0.4) is 0 Å². The van der Waals surface area contributed by atoms with Gasteiger partial charge < -0.3 is 10.0 Å². The lowest BCUT2D eigenvalue weighted by Crippen LogP contribution is -2.29. The lowest BCUT2D eigenvalue weighted by molar-refractivity contribution is -0.141. The molecule has 0 spiro atoms. The second-order valence-electron chi connectivity index (χ2n) is 5.58. The number of benzene rings is 1. The molecule has 1 saturated heterocycles. The van der Waals surface area contributed by atoms with Crippen molar-refractivity contribution in [3.8, 4) is 5.69 Å². The highest BCUT2D eigenvalue weighted by Gasteiger charge is 2.31. The molecule has 2 aromatic rings. The topological polar surface area (TPSA) is 75.4 Å². The second kappa shape index (κ2) is 5.63. The van der Waals surface area contributed by atoms with Crippen LogP contribution in [0.5, 0.6) is 0 Å². The summed E-state index contributed by atoms with van der Waals surface area (Å²) in [4.78, 5) is 24.9. The molecule has 1 aromatic heterocycles. The third kappa shape index (κ3) is 2.72. The van der Waals surface area contributed by atoms with Crippen LogP contribution in [0.25, 0.3) is 5.69 Å². The Hall–Kier alpha value is -2.63. The molecule has 0 unspecified atom stereocenters. The predicted molar refractivity (Wildman–Crippen MR) is 79.9 cm³/mol. The normalized spacial score (nSPS) is 17.7. The van der Waals surface area contributed by atoms with Crippen LogP contribution < -0.4 is 0 Å². The van der Waals surface area contributed by atoms with Crippen molar-refractivity contribution in [1.82, 2.24) is 14.7 Å². The van der Waals surface area contributed by atoms with E-state index in [1.54, 1.807) is 27.9 Å². The third-order valence-corrected chi connectivity index (χ3v) is 3.92. The van der Waals surface area contributed by atoms with Crippen LogP contribution in [-0.4, -0.2) is 44.8 Å². The van der Waals surface area contributed by atoms with E-state index in [0.717, 1.165) is 11.3 Å². The Labute approximate surface area is 128 Å². The summed E-state index contributed by atoms with van der Waals surface area (Å²) in [6.07, 6.45) is 4.20. The van der Waals surface area contributed by atoms with Gasteiger partial charge in [0, 0.05) is 24.8 Å². The highest BCUT2D eigenvalue weighted by Crippen LogP contribution is 2.19. The van der Waals surface area contributed by atoms with Crippen molar-refractivity contribution < 1.29 is 14.7 Å². The Kier molecular flexibility index (Phi) is 3.66. The number of aliphatic carboxylic acids is 1. The van der Waals surface area contributed by atoms with Gasteiger partial charge in [-0.25, -0.2) is 4.68 Å². The van der Waals surface area contributed by atoms with Crippen LogP contribution in [0.15, 0.2) is 36.7 Å². The maximum atomic E-state index is 12.4. The van der Waals surface area contributed by atoms with Crippen molar-refractivity contribution in [3.63, 3.8) is 0 Å². The molecule has 6 heteroatoms. The SMILES string of the molecule is Cc1cnn(-c2ccc(C(=O)N3CC[C@H](C(=O)O)C3)cc2)c1. The molecular formula is C16H17N3O3. The molecular weight excluding hydrogens is 282 g/mol. The van der Waals surface area contributed by atoms with Crippen LogP contribution in [0.2, 0.25) is 0 Å². The molecule has 0 bridgehead atoms. The van der Waals surface area contributed by atoms with Gasteiger partial charge in [-0.2, -0.15) is 5.10 Å². The molecule has 1 amide bonds. The number of aryl methyl sites for hydroxylation is 1. The van der Waals surface area contributed by atoms with Crippen LogP contribution in [0.1, 0.15) is 22.3 Å². The minimum absolute atomic E-state index is 0.119. The number of aromatic nitrogens is 2. The summed E-state index contributed by atoms with van der Waals surface area (Å²) in [5, 5.41) is 13.2. The van der Waals surface area contributed by atoms with E-state index in [9.17, 15) is 9.59 Å². The standard InChI is InChI=1S/C16H17N3O3/c1-11-8-17-19(9-11)14-4-2-12(3-5-14)15(20)18-7-6-13(10-18)16(21)22/h2-5,8-9,13H,6-7,10H2,1H3,(H,21,22)/t13-/m0/s1. The first kappa shape index (κ1) is 14.3. The molecule has 1 aliphatic heterocycles. The van der Waals surface area contributed by atoms with Crippen molar-refractivity contribution in [2.24, 2.45) is 5.92 Å². The van der Waals surface area contributed by atoms with Gasteiger partial charge in [-0.15, -0.1) is 0 Å². The monoisotopic (exact) mass is 299 g/mol. The number of hydrogen-bond donors (Lipinski definition) is 1. The molecule has 1 atom stereocenters. The van der Waals surface area contributed by atoms with E-state index in [2.05, 4.69) is 5.10 Å². The summed E-state index contributed by atoms with van der Waals surface area (Å²) in [6.45, 7) is 2.75. The summed E-state index contributed by atoms with van der Waals surface area (Å²) in [5.41, 5.74) is 2.52. The lowest BCUT2D eigenvalue weighted by Gasteiger charge is -2.16. The molecule has 0 aliphatic carbocycles. The minimum Gasteiger partial charge on any atom is -0.481 e. The number of carboxylic acid groups (broad SMARTS) is 1. The largest absolute Gasteiger partial charge is 0.481 e. The molecule has 0 radical (unpaired) electrons. The molecule has 22 heavy (non-hydrogen) atoms. The average molecular weight is 299 g/mol. The highest BCUT2D eigenvalue weighted by molar-refractivity contribution is 5.95. The van der Waals surface area contributed by atoms with Gasteiger partial charge in [-0.05, 0) is 43.2 Å². The number of nitrogens with zero attached hydrogens (tertiary/aromatic N) is 3. The number of carbonyl (C=O) groups is 2. The number of hydrogen-bond acceptors (Lipinski definition) is 3. The van der Waals surface area contributed by atoms with Gasteiger partial charge in [-0.1, -0.05) is 0 Å². The Balaban J connectivity index is 1.73. The zero-order valence-electron chi connectivity index (χ0n) is 12.3. The molecule has 3 rings (SSSR count). The van der Waals surface area contributed by atoms with E-state index in [1.165, 1.54) is 0 Å². The van der Waals surface area contributed by atoms with E-state index in [-0.39, 0.29) is 12.5 Å². The summed E-state index contributed by atoms with van der Waals surface area (Å²) in [5.74, 6) is -1.40. The molecule has 114 valence electrons. The van der Waals surface area contributed by atoms with Gasteiger partial charge in [0.1, 0.15) is 0 Å². The van der Waals surface area contributed by atoms with Crippen LogP contribution >= 0.6 is 0 Å². The molecule has 0 saturated carbocycles. The fourth-order valence-corrected chi connectivity index (χ4v) is 2.64. The van der Waals surface area contributed by atoms with Crippen molar-refractivity contribution in [2.45, 2.75) is 13.3 Å². The highest BCUT2D eigenvalue weighted by atomic mass is 16.4. The number of rotatable bonds is 3. The van der Waals surface area contributed by atoms with Crippen LogP contribution in [-0.2, 0) is 4.79 Å². The minimum atomic E-state index is -0.834. The fraction of sp³-hybridized carbons (Fsp3) is 0.312. The van der Waals surface area contributed by atoms with E-state index >= 15 is 0 Å². The first-order valence-electron chi connectivity index (χ1n) is 7.18. The Morgan fingerprint density at radius 3 is 2.55 bits per heavy atom. The van der Waals surface area contributed by atoms with E-state index < -0.39 is 11.9 Å². The average Bonchev–Trinajstić information content (AvgIpc) is 3.16. The Morgan fingerprint density at radius 2 is 2.00 bits per heavy atom. The zero-order valence-corrected chi connectivity index (χ0v) is 12.3. The van der Waals surface area contributed by atoms with Crippen LogP contribution in [0.4, 0.5) is 0 Å².